The number of rotatable bonds is 3. The lowest BCUT2D eigenvalue weighted by Crippen LogP contribution is -2.27. The molecule has 0 aliphatic carbocycles. The summed E-state index contributed by atoms with van der Waals surface area (Å²) in [4.78, 5) is 23.6. The van der Waals surface area contributed by atoms with E-state index in [4.69, 9.17) is 4.74 Å². The third kappa shape index (κ3) is 3.09. The molecule has 0 atom stereocenters. The average molecular weight is 296 g/mol. The van der Waals surface area contributed by atoms with E-state index in [2.05, 4.69) is 10.6 Å². The number of carbonyl (C=O) groups is 2. The first-order chi connectivity index (χ1) is 10.6. The summed E-state index contributed by atoms with van der Waals surface area (Å²) in [5, 5.41) is 5.55. The Hall–Kier alpha value is -2.82. The first kappa shape index (κ1) is 14.1. The SMILES string of the molecule is Cc1ccc(CC(=O)Nc2cccc3c2NC(=O)CO3)cc1. The molecule has 0 aromatic heterocycles. The van der Waals surface area contributed by atoms with Gasteiger partial charge < -0.3 is 15.4 Å². The number of benzene rings is 2. The molecule has 0 unspecified atom stereocenters. The van der Waals surface area contributed by atoms with Gasteiger partial charge in [-0.2, -0.15) is 0 Å². The average Bonchev–Trinajstić information content (AvgIpc) is 2.50. The van der Waals surface area contributed by atoms with Crippen molar-refractivity contribution in [2.75, 3.05) is 17.2 Å². The first-order valence-corrected chi connectivity index (χ1v) is 7.03. The standard InChI is InChI=1S/C17H16N2O3/c1-11-5-7-12(8-6-11)9-15(20)18-13-3-2-4-14-17(13)19-16(21)10-22-14/h2-8H,9-10H2,1H3,(H,18,20)(H,19,21). The summed E-state index contributed by atoms with van der Waals surface area (Å²) in [7, 11) is 0. The van der Waals surface area contributed by atoms with Crippen LogP contribution in [0.5, 0.6) is 5.75 Å². The van der Waals surface area contributed by atoms with Gasteiger partial charge >= 0.3 is 0 Å². The number of hydrogen-bond donors (Lipinski definition) is 2. The smallest absolute Gasteiger partial charge is 0.262 e. The second-order valence-corrected chi connectivity index (χ2v) is 5.23. The predicted molar refractivity (Wildman–Crippen MR) is 84.1 cm³/mol. The molecule has 0 radical (unpaired) electrons. The van der Waals surface area contributed by atoms with Crippen molar-refractivity contribution in [1.82, 2.24) is 0 Å². The van der Waals surface area contributed by atoms with E-state index < -0.39 is 0 Å². The highest BCUT2D eigenvalue weighted by Crippen LogP contribution is 2.34. The Morgan fingerprint density at radius 3 is 2.77 bits per heavy atom. The molecule has 0 bridgehead atoms. The minimum Gasteiger partial charge on any atom is -0.481 e. The van der Waals surface area contributed by atoms with Gasteiger partial charge in [0.2, 0.25) is 5.91 Å². The van der Waals surface area contributed by atoms with Crippen molar-refractivity contribution in [3.63, 3.8) is 0 Å². The Kier molecular flexibility index (Phi) is 3.78. The number of anilines is 2. The normalized spacial score (nSPS) is 12.9. The van der Waals surface area contributed by atoms with Gasteiger partial charge in [-0.25, -0.2) is 0 Å². The quantitative estimate of drug-likeness (QED) is 0.914. The van der Waals surface area contributed by atoms with Gasteiger partial charge in [-0.3, -0.25) is 9.59 Å². The number of hydrogen-bond acceptors (Lipinski definition) is 3. The van der Waals surface area contributed by atoms with Crippen molar-refractivity contribution in [1.29, 1.82) is 0 Å². The summed E-state index contributed by atoms with van der Waals surface area (Å²) in [6, 6.07) is 13.1. The van der Waals surface area contributed by atoms with Crippen LogP contribution in [0.2, 0.25) is 0 Å². The maximum atomic E-state index is 12.2. The highest BCUT2D eigenvalue weighted by Gasteiger charge is 2.19. The zero-order valence-electron chi connectivity index (χ0n) is 12.2. The van der Waals surface area contributed by atoms with Gasteiger partial charge in [0, 0.05) is 0 Å². The lowest BCUT2D eigenvalue weighted by Gasteiger charge is -2.20. The molecule has 1 aliphatic rings. The molecule has 3 rings (SSSR count). The number of nitrogens with one attached hydrogen (secondary N) is 2. The molecule has 22 heavy (non-hydrogen) atoms. The van der Waals surface area contributed by atoms with Crippen LogP contribution in [0.25, 0.3) is 0 Å². The summed E-state index contributed by atoms with van der Waals surface area (Å²) in [5.41, 5.74) is 3.15. The second kappa shape index (κ2) is 5.89. The maximum Gasteiger partial charge on any atom is 0.262 e. The summed E-state index contributed by atoms with van der Waals surface area (Å²) >= 11 is 0. The van der Waals surface area contributed by atoms with E-state index in [1.54, 1.807) is 18.2 Å². The highest BCUT2D eigenvalue weighted by atomic mass is 16.5. The lowest BCUT2D eigenvalue weighted by atomic mass is 10.1. The number of fused-ring (bicyclic) bond motifs is 1. The van der Waals surface area contributed by atoms with Crippen LogP contribution in [0.4, 0.5) is 11.4 Å². The molecule has 2 aromatic rings. The van der Waals surface area contributed by atoms with Crippen molar-refractivity contribution >= 4 is 23.2 Å². The molecule has 5 heteroatoms. The van der Waals surface area contributed by atoms with Gasteiger partial charge in [-0.15, -0.1) is 0 Å². The number of amides is 2. The summed E-state index contributed by atoms with van der Waals surface area (Å²) < 4.78 is 5.33. The fraction of sp³-hybridized carbons (Fsp3) is 0.176. The Morgan fingerprint density at radius 1 is 1.23 bits per heavy atom. The molecule has 0 spiro atoms. The summed E-state index contributed by atoms with van der Waals surface area (Å²) in [5.74, 6) is 0.192. The van der Waals surface area contributed by atoms with Gasteiger partial charge in [0.05, 0.1) is 12.1 Å². The molecule has 0 saturated heterocycles. The monoisotopic (exact) mass is 296 g/mol. The fourth-order valence-electron chi connectivity index (χ4n) is 2.29. The third-order valence-corrected chi connectivity index (χ3v) is 3.41. The Labute approximate surface area is 128 Å². The molecule has 0 saturated carbocycles. The van der Waals surface area contributed by atoms with Gasteiger partial charge in [-0.1, -0.05) is 35.9 Å². The van der Waals surface area contributed by atoms with Crippen molar-refractivity contribution < 1.29 is 14.3 Å². The molecule has 2 aromatic carbocycles. The van der Waals surface area contributed by atoms with Crippen molar-refractivity contribution in [2.45, 2.75) is 13.3 Å². The van der Waals surface area contributed by atoms with Gasteiger partial charge in [0.15, 0.2) is 6.61 Å². The van der Waals surface area contributed by atoms with E-state index in [1.165, 1.54) is 0 Å². The number of carbonyl (C=O) groups excluding carboxylic acids is 2. The zero-order chi connectivity index (χ0) is 15.5. The van der Waals surface area contributed by atoms with Crippen molar-refractivity contribution in [3.8, 4) is 5.75 Å². The molecule has 2 N–H and O–H groups in total. The Morgan fingerprint density at radius 2 is 2.00 bits per heavy atom. The van der Waals surface area contributed by atoms with Crippen LogP contribution >= 0.6 is 0 Å². The van der Waals surface area contributed by atoms with Crippen LogP contribution < -0.4 is 15.4 Å². The Balaban J connectivity index is 1.74. The largest absolute Gasteiger partial charge is 0.481 e. The van der Waals surface area contributed by atoms with Crippen molar-refractivity contribution in [2.24, 2.45) is 0 Å². The predicted octanol–water partition coefficient (Wildman–Crippen LogP) is 2.51. The highest BCUT2D eigenvalue weighted by molar-refractivity contribution is 6.03. The van der Waals surface area contributed by atoms with Crippen LogP contribution in [0.15, 0.2) is 42.5 Å². The molecule has 2 amide bonds. The van der Waals surface area contributed by atoms with E-state index in [0.717, 1.165) is 11.1 Å². The number of aryl methyl sites for hydroxylation is 1. The van der Waals surface area contributed by atoms with Gasteiger partial charge in [-0.05, 0) is 24.6 Å². The van der Waals surface area contributed by atoms with E-state index >= 15 is 0 Å². The minimum absolute atomic E-state index is 0.00618. The topological polar surface area (TPSA) is 67.4 Å². The zero-order valence-corrected chi connectivity index (χ0v) is 12.2. The van der Waals surface area contributed by atoms with E-state index in [1.807, 2.05) is 31.2 Å². The molecule has 1 aliphatic heterocycles. The number of ether oxygens (including phenoxy) is 1. The summed E-state index contributed by atoms with van der Waals surface area (Å²) in [6.07, 6.45) is 0.277. The van der Waals surface area contributed by atoms with Gasteiger partial charge in [0.25, 0.3) is 5.91 Å². The minimum atomic E-state index is -0.229. The van der Waals surface area contributed by atoms with Crippen LogP contribution in [-0.4, -0.2) is 18.4 Å². The maximum absolute atomic E-state index is 12.2. The van der Waals surface area contributed by atoms with Gasteiger partial charge in [0.1, 0.15) is 11.4 Å². The molecule has 0 fully saturated rings. The molecular weight excluding hydrogens is 280 g/mol. The molecule has 5 nitrogen and oxygen atoms in total. The third-order valence-electron chi connectivity index (χ3n) is 3.41. The van der Waals surface area contributed by atoms with Crippen LogP contribution in [0.1, 0.15) is 11.1 Å². The molecule has 112 valence electrons. The van der Waals surface area contributed by atoms with Crippen LogP contribution in [0, 0.1) is 6.92 Å². The molecule has 1 heterocycles. The van der Waals surface area contributed by atoms with Crippen LogP contribution in [0.3, 0.4) is 0 Å². The van der Waals surface area contributed by atoms with E-state index in [0.29, 0.717) is 17.1 Å². The molecular formula is C17H16N2O3. The second-order valence-electron chi connectivity index (χ2n) is 5.23. The Bertz CT molecular complexity index is 723. The van der Waals surface area contributed by atoms with Crippen LogP contribution in [-0.2, 0) is 16.0 Å². The van der Waals surface area contributed by atoms with E-state index in [-0.39, 0.29) is 24.8 Å². The number of para-hydroxylation sites is 1. The van der Waals surface area contributed by atoms with E-state index in [9.17, 15) is 9.59 Å². The first-order valence-electron chi connectivity index (χ1n) is 7.03. The fourth-order valence-corrected chi connectivity index (χ4v) is 2.29. The van der Waals surface area contributed by atoms with Crippen molar-refractivity contribution in [3.05, 3.63) is 53.6 Å². The summed E-state index contributed by atoms with van der Waals surface area (Å²) in [6.45, 7) is 2.00. The lowest BCUT2D eigenvalue weighted by molar-refractivity contribution is -0.118.